The van der Waals surface area contributed by atoms with Crippen molar-refractivity contribution in [2.45, 2.75) is 45.3 Å². The maximum atomic E-state index is 9.16. The van der Waals surface area contributed by atoms with Crippen molar-refractivity contribution in [1.82, 2.24) is 15.0 Å². The lowest BCUT2D eigenvalue weighted by Gasteiger charge is -2.26. The Morgan fingerprint density at radius 2 is 2.00 bits per heavy atom. The second-order valence-electron chi connectivity index (χ2n) is 6.08. The zero-order valence-corrected chi connectivity index (χ0v) is 13.0. The number of para-hydroxylation sites is 1. The van der Waals surface area contributed by atoms with Gasteiger partial charge < -0.3 is 9.84 Å². The van der Waals surface area contributed by atoms with Crippen LogP contribution in [0.25, 0.3) is 5.69 Å². The second-order valence-corrected chi connectivity index (χ2v) is 6.08. The molecule has 0 bridgehead atoms. The fourth-order valence-electron chi connectivity index (χ4n) is 2.99. The Hall–Kier alpha value is -1.72. The smallest absolute Gasteiger partial charge is 0.109 e. The minimum Gasteiger partial charge on any atom is -0.396 e. The van der Waals surface area contributed by atoms with E-state index in [1.54, 1.807) is 4.68 Å². The van der Waals surface area contributed by atoms with Gasteiger partial charge in [-0.3, -0.25) is 0 Å². The third-order valence-corrected chi connectivity index (χ3v) is 4.42. The van der Waals surface area contributed by atoms with Crippen molar-refractivity contribution in [3.8, 4) is 5.69 Å². The molecule has 0 atom stereocenters. The zero-order valence-electron chi connectivity index (χ0n) is 13.0. The fourth-order valence-corrected chi connectivity index (χ4v) is 2.99. The molecule has 1 aliphatic carbocycles. The molecule has 1 N–H and O–H groups in total. The summed E-state index contributed by atoms with van der Waals surface area (Å²) in [4.78, 5) is 0. The van der Waals surface area contributed by atoms with Gasteiger partial charge in [-0.2, -0.15) is 0 Å². The van der Waals surface area contributed by atoms with E-state index in [1.807, 2.05) is 24.4 Å². The van der Waals surface area contributed by atoms with E-state index in [4.69, 9.17) is 9.84 Å². The number of benzene rings is 1. The summed E-state index contributed by atoms with van der Waals surface area (Å²) in [6.45, 7) is 2.87. The molecule has 118 valence electrons. The van der Waals surface area contributed by atoms with Crippen LogP contribution in [0.2, 0.25) is 0 Å². The average Bonchev–Trinajstić information content (AvgIpc) is 3.02. The van der Waals surface area contributed by atoms with Crippen LogP contribution in [0, 0.1) is 12.8 Å². The predicted molar refractivity (Wildman–Crippen MR) is 83.7 cm³/mol. The van der Waals surface area contributed by atoms with Crippen molar-refractivity contribution < 1.29 is 9.84 Å². The Bertz CT molecular complexity index is 603. The van der Waals surface area contributed by atoms with Gasteiger partial charge in [-0.15, -0.1) is 5.10 Å². The number of rotatable bonds is 5. The van der Waals surface area contributed by atoms with Crippen LogP contribution < -0.4 is 0 Å². The molecule has 1 saturated carbocycles. The van der Waals surface area contributed by atoms with Crippen LogP contribution in [0.4, 0.5) is 0 Å². The highest BCUT2D eigenvalue weighted by atomic mass is 16.5. The van der Waals surface area contributed by atoms with Crippen molar-refractivity contribution in [2.24, 2.45) is 5.92 Å². The van der Waals surface area contributed by atoms with Crippen LogP contribution in [0.15, 0.2) is 30.5 Å². The third kappa shape index (κ3) is 3.54. The predicted octanol–water partition coefficient (Wildman–Crippen LogP) is 2.64. The van der Waals surface area contributed by atoms with E-state index in [9.17, 15) is 0 Å². The summed E-state index contributed by atoms with van der Waals surface area (Å²) in [5.74, 6) is 0.460. The van der Waals surface area contributed by atoms with Gasteiger partial charge in [0.25, 0.3) is 0 Å². The number of ether oxygens (including phenoxy) is 1. The van der Waals surface area contributed by atoms with Gasteiger partial charge in [-0.1, -0.05) is 23.4 Å². The van der Waals surface area contributed by atoms with Gasteiger partial charge >= 0.3 is 0 Å². The van der Waals surface area contributed by atoms with Gasteiger partial charge in [0.15, 0.2) is 0 Å². The molecule has 0 amide bonds. The standard InChI is InChI=1S/C17H23N3O2/c1-13-4-2-3-5-17(13)20-10-15(18-19-20)12-22-16-8-6-14(11-21)7-9-16/h2-5,10,14,16,21H,6-9,11-12H2,1H3. The molecule has 3 rings (SSSR count). The van der Waals surface area contributed by atoms with E-state index < -0.39 is 0 Å². The van der Waals surface area contributed by atoms with Gasteiger partial charge in [0.2, 0.25) is 0 Å². The maximum Gasteiger partial charge on any atom is 0.109 e. The molecule has 1 aliphatic rings. The fraction of sp³-hybridized carbons (Fsp3) is 0.529. The number of nitrogens with zero attached hydrogens (tertiary/aromatic N) is 3. The number of hydrogen-bond acceptors (Lipinski definition) is 4. The molecule has 1 aromatic heterocycles. The van der Waals surface area contributed by atoms with Crippen molar-refractivity contribution in [2.75, 3.05) is 6.61 Å². The van der Waals surface area contributed by atoms with Gasteiger partial charge in [0.1, 0.15) is 5.69 Å². The summed E-state index contributed by atoms with van der Waals surface area (Å²) < 4.78 is 7.75. The molecule has 22 heavy (non-hydrogen) atoms. The van der Waals surface area contributed by atoms with Crippen molar-refractivity contribution in [1.29, 1.82) is 0 Å². The molecular formula is C17H23N3O2. The first-order valence-electron chi connectivity index (χ1n) is 7.96. The van der Waals surface area contributed by atoms with E-state index in [2.05, 4.69) is 23.3 Å². The SMILES string of the molecule is Cc1ccccc1-n1cc(COC2CCC(CO)CC2)nn1. The molecule has 1 heterocycles. The molecule has 5 heteroatoms. The van der Waals surface area contributed by atoms with E-state index >= 15 is 0 Å². The molecule has 5 nitrogen and oxygen atoms in total. The van der Waals surface area contributed by atoms with Crippen LogP contribution >= 0.6 is 0 Å². The number of hydrogen-bond donors (Lipinski definition) is 1. The number of aromatic nitrogens is 3. The average molecular weight is 301 g/mol. The van der Waals surface area contributed by atoms with Crippen LogP contribution in [0.3, 0.4) is 0 Å². The van der Waals surface area contributed by atoms with Crippen LogP contribution in [0.1, 0.15) is 36.9 Å². The topological polar surface area (TPSA) is 60.2 Å². The number of aliphatic hydroxyl groups excluding tert-OH is 1. The highest BCUT2D eigenvalue weighted by molar-refractivity contribution is 5.38. The highest BCUT2D eigenvalue weighted by Crippen LogP contribution is 2.26. The molecule has 0 spiro atoms. The monoisotopic (exact) mass is 301 g/mol. The summed E-state index contributed by atoms with van der Waals surface area (Å²) in [6.07, 6.45) is 6.37. The Labute approximate surface area is 130 Å². The summed E-state index contributed by atoms with van der Waals surface area (Å²) >= 11 is 0. The summed E-state index contributed by atoms with van der Waals surface area (Å²) in [7, 11) is 0. The lowest BCUT2D eigenvalue weighted by Crippen LogP contribution is -2.23. The Morgan fingerprint density at radius 1 is 1.23 bits per heavy atom. The number of aliphatic hydroxyl groups is 1. The molecular weight excluding hydrogens is 278 g/mol. The highest BCUT2D eigenvalue weighted by Gasteiger charge is 2.21. The first-order valence-corrected chi connectivity index (χ1v) is 7.96. The molecule has 0 saturated heterocycles. The normalized spacial score (nSPS) is 21.9. The summed E-state index contributed by atoms with van der Waals surface area (Å²) in [5, 5.41) is 17.5. The molecule has 2 aromatic rings. The largest absolute Gasteiger partial charge is 0.396 e. The van der Waals surface area contributed by atoms with Crippen LogP contribution in [-0.2, 0) is 11.3 Å². The van der Waals surface area contributed by atoms with E-state index in [1.165, 1.54) is 5.56 Å². The first-order chi connectivity index (χ1) is 10.8. The second kappa shape index (κ2) is 7.03. The Balaban J connectivity index is 1.55. The van der Waals surface area contributed by atoms with Gasteiger partial charge in [-0.05, 0) is 50.2 Å². The molecule has 1 fully saturated rings. The summed E-state index contributed by atoms with van der Waals surface area (Å²) in [6, 6.07) is 8.11. The molecule has 0 radical (unpaired) electrons. The van der Waals surface area contributed by atoms with Gasteiger partial charge in [0, 0.05) is 6.61 Å². The maximum absolute atomic E-state index is 9.16. The first kappa shape index (κ1) is 15.2. The van der Waals surface area contributed by atoms with Gasteiger partial charge in [-0.25, -0.2) is 4.68 Å². The molecule has 1 aromatic carbocycles. The molecule has 0 aliphatic heterocycles. The lowest BCUT2D eigenvalue weighted by molar-refractivity contribution is -0.000180. The van der Waals surface area contributed by atoms with Crippen molar-refractivity contribution >= 4 is 0 Å². The lowest BCUT2D eigenvalue weighted by atomic mass is 9.88. The Kier molecular flexibility index (Phi) is 4.85. The summed E-state index contributed by atoms with van der Waals surface area (Å²) in [5.41, 5.74) is 3.07. The molecule has 0 unspecified atom stereocenters. The van der Waals surface area contributed by atoms with Gasteiger partial charge in [0.05, 0.1) is 24.6 Å². The van der Waals surface area contributed by atoms with Crippen molar-refractivity contribution in [3.63, 3.8) is 0 Å². The quantitative estimate of drug-likeness (QED) is 0.922. The third-order valence-electron chi connectivity index (χ3n) is 4.42. The van der Waals surface area contributed by atoms with E-state index in [0.29, 0.717) is 19.1 Å². The minimum atomic E-state index is 0.284. The van der Waals surface area contributed by atoms with E-state index in [-0.39, 0.29) is 6.10 Å². The van der Waals surface area contributed by atoms with Crippen LogP contribution in [0.5, 0.6) is 0 Å². The zero-order chi connectivity index (χ0) is 15.4. The Morgan fingerprint density at radius 3 is 2.73 bits per heavy atom. The number of aryl methyl sites for hydroxylation is 1. The minimum absolute atomic E-state index is 0.284. The van der Waals surface area contributed by atoms with E-state index in [0.717, 1.165) is 37.1 Å². The van der Waals surface area contributed by atoms with Crippen LogP contribution in [-0.4, -0.2) is 32.8 Å². The van der Waals surface area contributed by atoms with Crippen molar-refractivity contribution in [3.05, 3.63) is 41.7 Å².